The van der Waals surface area contributed by atoms with Crippen molar-refractivity contribution in [3.05, 3.63) is 36.2 Å². The largest absolute Gasteiger partial charge is 0.370 e. The molecule has 4 N–H and O–H groups in total. The molecule has 1 aliphatic rings. The average Bonchev–Trinajstić information content (AvgIpc) is 2.42. The summed E-state index contributed by atoms with van der Waals surface area (Å²) < 4.78 is 0. The normalized spacial score (nSPS) is 18.0. The van der Waals surface area contributed by atoms with Crippen LogP contribution >= 0.6 is 11.6 Å². The van der Waals surface area contributed by atoms with Crippen LogP contribution in [-0.4, -0.2) is 28.4 Å². The maximum absolute atomic E-state index is 5.97. The zero-order valence-corrected chi connectivity index (χ0v) is 11.4. The lowest BCUT2D eigenvalue weighted by Crippen LogP contribution is -2.11. The molecule has 6 heteroatoms. The van der Waals surface area contributed by atoms with Crippen molar-refractivity contribution < 1.29 is 0 Å². The highest BCUT2D eigenvalue weighted by Gasteiger charge is 2.06. The number of nitrogens with zero attached hydrogens (tertiary/aromatic N) is 2. The van der Waals surface area contributed by atoms with E-state index in [0.29, 0.717) is 12.5 Å². The predicted molar refractivity (Wildman–Crippen MR) is 79.3 cm³/mol. The molecule has 1 aliphatic carbocycles. The van der Waals surface area contributed by atoms with Crippen molar-refractivity contribution in [1.82, 2.24) is 9.97 Å². The monoisotopic (exact) mass is 279 g/mol. The van der Waals surface area contributed by atoms with Gasteiger partial charge in [0.05, 0.1) is 5.38 Å². The van der Waals surface area contributed by atoms with E-state index in [1.54, 1.807) is 6.20 Å². The first kappa shape index (κ1) is 13.8. The Morgan fingerprint density at radius 3 is 3.11 bits per heavy atom. The summed E-state index contributed by atoms with van der Waals surface area (Å²) >= 11 is 5.97. The van der Waals surface area contributed by atoms with Gasteiger partial charge in [-0.15, -0.1) is 11.6 Å². The highest BCUT2D eigenvalue weighted by atomic mass is 35.5. The number of hydrogen-bond acceptors (Lipinski definition) is 5. The van der Waals surface area contributed by atoms with Crippen LogP contribution in [0.2, 0.25) is 0 Å². The molecule has 1 aromatic rings. The van der Waals surface area contributed by atoms with Crippen molar-refractivity contribution in [2.45, 2.75) is 18.2 Å². The minimum absolute atomic E-state index is 0.0794. The molecule has 1 aromatic heterocycles. The molecule has 0 saturated carbocycles. The van der Waals surface area contributed by atoms with E-state index in [1.807, 2.05) is 24.3 Å². The summed E-state index contributed by atoms with van der Waals surface area (Å²) in [6.07, 6.45) is 9.38. The summed E-state index contributed by atoms with van der Waals surface area (Å²) in [5.41, 5.74) is 6.42. The van der Waals surface area contributed by atoms with Gasteiger partial charge in [0, 0.05) is 18.4 Å². The Labute approximate surface area is 118 Å². The average molecular weight is 280 g/mol. The van der Waals surface area contributed by atoms with E-state index in [2.05, 4.69) is 20.6 Å². The van der Waals surface area contributed by atoms with E-state index in [0.717, 1.165) is 30.9 Å². The van der Waals surface area contributed by atoms with Crippen LogP contribution in [0, 0.1) is 0 Å². The summed E-state index contributed by atoms with van der Waals surface area (Å²) in [5, 5.41) is 6.44. The molecule has 19 heavy (non-hydrogen) atoms. The molecule has 0 spiro atoms. The lowest BCUT2D eigenvalue weighted by Gasteiger charge is -2.12. The smallest absolute Gasteiger partial charge is 0.229 e. The van der Waals surface area contributed by atoms with E-state index >= 15 is 0 Å². The van der Waals surface area contributed by atoms with Crippen molar-refractivity contribution >= 4 is 23.4 Å². The van der Waals surface area contributed by atoms with Gasteiger partial charge in [0.1, 0.15) is 5.82 Å². The molecule has 0 aliphatic heterocycles. The van der Waals surface area contributed by atoms with Gasteiger partial charge in [0.25, 0.3) is 0 Å². The summed E-state index contributed by atoms with van der Waals surface area (Å²) in [6.45, 7) is 1.48. The van der Waals surface area contributed by atoms with E-state index in [9.17, 15) is 0 Å². The summed E-state index contributed by atoms with van der Waals surface area (Å²) in [5.74, 6) is 1.36. The van der Waals surface area contributed by atoms with E-state index in [-0.39, 0.29) is 5.38 Å². The third-order valence-corrected chi connectivity index (χ3v) is 2.97. The minimum atomic E-state index is 0.0794. The molecule has 0 saturated heterocycles. The molecule has 102 valence electrons. The molecule has 0 bridgehead atoms. The number of halogens is 1. The van der Waals surface area contributed by atoms with Crippen LogP contribution in [0.5, 0.6) is 0 Å². The van der Waals surface area contributed by atoms with Crippen LogP contribution in [0.4, 0.5) is 11.8 Å². The van der Waals surface area contributed by atoms with E-state index in [4.69, 9.17) is 17.3 Å². The van der Waals surface area contributed by atoms with Crippen molar-refractivity contribution in [2.24, 2.45) is 5.73 Å². The molecule has 1 heterocycles. The number of hydrogen-bond donors (Lipinski definition) is 3. The van der Waals surface area contributed by atoms with Crippen LogP contribution in [-0.2, 0) is 0 Å². The Morgan fingerprint density at radius 2 is 2.37 bits per heavy atom. The first-order valence-corrected chi connectivity index (χ1v) is 6.78. The lowest BCUT2D eigenvalue weighted by molar-refractivity contribution is 0.869. The summed E-state index contributed by atoms with van der Waals surface area (Å²) in [6, 6.07) is 1.83. The Morgan fingerprint density at radius 1 is 1.47 bits per heavy atom. The molecule has 2 rings (SSSR count). The van der Waals surface area contributed by atoms with Crippen molar-refractivity contribution in [3.63, 3.8) is 0 Å². The molecule has 5 nitrogen and oxygen atoms in total. The van der Waals surface area contributed by atoms with Gasteiger partial charge in [-0.3, -0.25) is 0 Å². The quantitative estimate of drug-likeness (QED) is 0.549. The van der Waals surface area contributed by atoms with Gasteiger partial charge in [0.2, 0.25) is 5.95 Å². The van der Waals surface area contributed by atoms with Gasteiger partial charge in [-0.1, -0.05) is 12.2 Å². The predicted octanol–water partition coefficient (Wildman–Crippen LogP) is 2.10. The third kappa shape index (κ3) is 4.54. The fourth-order valence-corrected chi connectivity index (χ4v) is 1.81. The number of rotatable bonds is 6. The van der Waals surface area contributed by atoms with Crippen molar-refractivity contribution in [2.75, 3.05) is 23.7 Å². The Balaban J connectivity index is 1.93. The second-order valence-corrected chi connectivity index (χ2v) is 4.79. The summed E-state index contributed by atoms with van der Waals surface area (Å²) in [4.78, 5) is 8.56. The fourth-order valence-electron chi connectivity index (χ4n) is 1.65. The van der Waals surface area contributed by atoms with Crippen LogP contribution in [0.25, 0.3) is 0 Å². The van der Waals surface area contributed by atoms with Gasteiger partial charge in [0.15, 0.2) is 0 Å². The molecular weight excluding hydrogens is 262 g/mol. The van der Waals surface area contributed by atoms with Crippen LogP contribution < -0.4 is 16.4 Å². The molecule has 0 radical (unpaired) electrons. The topological polar surface area (TPSA) is 75.9 Å². The molecule has 1 atom stereocenters. The highest BCUT2D eigenvalue weighted by molar-refractivity contribution is 6.22. The standard InChI is InChI=1S/C13H18ClN5/c14-10-2-4-11(5-3-10)18-13-17-9-6-12(19-13)16-8-1-7-15/h2,4-6,9-10H,1,3,7-8,15H2,(H2,16,17,18,19). The number of allylic oxidation sites excluding steroid dienone is 3. The second kappa shape index (κ2) is 7.11. The zero-order valence-electron chi connectivity index (χ0n) is 10.6. The van der Waals surface area contributed by atoms with Gasteiger partial charge >= 0.3 is 0 Å². The molecule has 1 unspecified atom stereocenters. The Kier molecular flexibility index (Phi) is 5.18. The van der Waals surface area contributed by atoms with Crippen LogP contribution in [0.3, 0.4) is 0 Å². The first-order valence-electron chi connectivity index (χ1n) is 6.34. The molecule has 0 amide bonds. The number of anilines is 2. The number of nitrogens with one attached hydrogen (secondary N) is 2. The van der Waals surface area contributed by atoms with E-state index < -0.39 is 0 Å². The van der Waals surface area contributed by atoms with E-state index in [1.165, 1.54) is 0 Å². The second-order valence-electron chi connectivity index (χ2n) is 4.23. The maximum Gasteiger partial charge on any atom is 0.229 e. The number of nitrogens with two attached hydrogens (primary N) is 1. The van der Waals surface area contributed by atoms with Crippen LogP contribution in [0.1, 0.15) is 12.8 Å². The van der Waals surface area contributed by atoms with Crippen molar-refractivity contribution in [1.29, 1.82) is 0 Å². The van der Waals surface area contributed by atoms with Gasteiger partial charge in [-0.2, -0.15) is 4.98 Å². The summed E-state index contributed by atoms with van der Waals surface area (Å²) in [7, 11) is 0. The van der Waals surface area contributed by atoms with Gasteiger partial charge in [-0.05, 0) is 31.5 Å². The SMILES string of the molecule is NCCCNc1ccnc(NC2=CCC(Cl)C=C2)n1. The molecule has 0 fully saturated rings. The van der Waals surface area contributed by atoms with Crippen molar-refractivity contribution in [3.8, 4) is 0 Å². The van der Waals surface area contributed by atoms with Gasteiger partial charge in [-0.25, -0.2) is 4.98 Å². The molecule has 0 aromatic carbocycles. The van der Waals surface area contributed by atoms with Gasteiger partial charge < -0.3 is 16.4 Å². The minimum Gasteiger partial charge on any atom is -0.370 e. The lowest BCUT2D eigenvalue weighted by atomic mass is 10.1. The van der Waals surface area contributed by atoms with Crippen LogP contribution in [0.15, 0.2) is 36.2 Å². The Bertz CT molecular complexity index is 472. The zero-order chi connectivity index (χ0) is 13.5. The Hall–Kier alpha value is -1.59. The first-order chi connectivity index (χ1) is 9.28. The fraction of sp³-hybridized carbons (Fsp3) is 0.385. The third-order valence-electron chi connectivity index (χ3n) is 2.65. The highest BCUT2D eigenvalue weighted by Crippen LogP contribution is 2.16. The molecular formula is C13H18ClN5. The number of aromatic nitrogens is 2. The number of alkyl halides is 1. The maximum atomic E-state index is 5.97.